The number of nitrogens with zero attached hydrogens (tertiary/aromatic N) is 1. The van der Waals surface area contributed by atoms with Gasteiger partial charge < -0.3 is 5.73 Å². The molecule has 0 aliphatic heterocycles. The number of benzene rings is 1. The molecule has 0 aliphatic rings. The lowest BCUT2D eigenvalue weighted by molar-refractivity contribution is 0.546. The summed E-state index contributed by atoms with van der Waals surface area (Å²) in [4.78, 5) is 1.02. The van der Waals surface area contributed by atoms with Crippen molar-refractivity contribution < 1.29 is 0 Å². The minimum atomic E-state index is -0.736. The zero-order valence-electron chi connectivity index (χ0n) is 8.53. The molecule has 0 fully saturated rings. The lowest BCUT2D eigenvalue weighted by Crippen LogP contribution is -2.34. The topological polar surface area (TPSA) is 49.8 Å². The maximum atomic E-state index is 8.76. The van der Waals surface area contributed by atoms with E-state index in [4.69, 9.17) is 21.7 Å². The summed E-state index contributed by atoms with van der Waals surface area (Å²) in [6, 6.07) is 10.0. The van der Waals surface area contributed by atoms with Crippen LogP contribution in [0, 0.1) is 11.3 Å². The summed E-state index contributed by atoms with van der Waals surface area (Å²) in [5.41, 5.74) is 6.17. The van der Waals surface area contributed by atoms with Crippen molar-refractivity contribution in [2.75, 3.05) is 0 Å². The standard InChI is InChI=1S/C11H13ClN2S/c1-11(14,8-13)7-6-9-2-4-10(15-12)5-3-9/h2-5H,6-7,14H2,1H3. The van der Waals surface area contributed by atoms with Crippen LogP contribution in [0.5, 0.6) is 0 Å². The molecule has 0 amide bonds. The number of rotatable bonds is 4. The largest absolute Gasteiger partial charge is 0.314 e. The van der Waals surface area contributed by atoms with Crippen LogP contribution in [0.25, 0.3) is 0 Å². The molecular formula is C11H13ClN2S. The van der Waals surface area contributed by atoms with E-state index in [9.17, 15) is 0 Å². The average Bonchev–Trinajstić information content (AvgIpc) is 2.27. The second kappa shape index (κ2) is 5.41. The molecule has 0 heterocycles. The number of hydrogen-bond acceptors (Lipinski definition) is 3. The van der Waals surface area contributed by atoms with Crippen molar-refractivity contribution in [3.63, 3.8) is 0 Å². The summed E-state index contributed by atoms with van der Waals surface area (Å²) in [6.45, 7) is 1.75. The molecule has 0 spiro atoms. The average molecular weight is 241 g/mol. The van der Waals surface area contributed by atoms with Crippen molar-refractivity contribution >= 4 is 21.7 Å². The zero-order chi connectivity index (χ0) is 11.3. The first-order valence-electron chi connectivity index (χ1n) is 4.65. The van der Waals surface area contributed by atoms with Crippen molar-refractivity contribution in [2.24, 2.45) is 5.73 Å². The molecule has 0 aromatic heterocycles. The van der Waals surface area contributed by atoms with Crippen LogP contribution >= 0.6 is 21.7 Å². The van der Waals surface area contributed by atoms with Crippen molar-refractivity contribution in [2.45, 2.75) is 30.2 Å². The van der Waals surface area contributed by atoms with Crippen molar-refractivity contribution in [1.82, 2.24) is 0 Å². The van der Waals surface area contributed by atoms with Gasteiger partial charge in [0.2, 0.25) is 0 Å². The Labute approximate surface area is 98.9 Å². The fourth-order valence-corrected chi connectivity index (χ4v) is 1.72. The van der Waals surface area contributed by atoms with Crippen molar-refractivity contribution in [3.05, 3.63) is 29.8 Å². The van der Waals surface area contributed by atoms with Gasteiger partial charge in [0, 0.05) is 4.90 Å². The molecule has 1 rings (SSSR count). The first kappa shape index (κ1) is 12.4. The van der Waals surface area contributed by atoms with E-state index in [1.165, 1.54) is 16.5 Å². The minimum Gasteiger partial charge on any atom is -0.314 e. The monoisotopic (exact) mass is 240 g/mol. The lowest BCUT2D eigenvalue weighted by Gasteiger charge is -2.14. The third-order valence-electron chi connectivity index (χ3n) is 2.20. The van der Waals surface area contributed by atoms with Crippen LogP contribution in [0.4, 0.5) is 0 Å². The number of nitrogens with two attached hydrogens (primary N) is 1. The van der Waals surface area contributed by atoms with E-state index in [1.807, 2.05) is 24.3 Å². The minimum absolute atomic E-state index is 0.664. The Balaban J connectivity index is 2.56. The van der Waals surface area contributed by atoms with Crippen LogP contribution in [0.15, 0.2) is 29.2 Å². The van der Waals surface area contributed by atoms with Gasteiger partial charge in [0.05, 0.1) is 6.07 Å². The third kappa shape index (κ3) is 4.13. The van der Waals surface area contributed by atoms with Gasteiger partial charge in [-0.25, -0.2) is 0 Å². The van der Waals surface area contributed by atoms with E-state index < -0.39 is 5.54 Å². The van der Waals surface area contributed by atoms with E-state index in [1.54, 1.807) is 6.92 Å². The Hall–Kier alpha value is -0.690. The van der Waals surface area contributed by atoms with E-state index in [0.717, 1.165) is 11.3 Å². The fourth-order valence-electron chi connectivity index (χ4n) is 1.17. The Morgan fingerprint density at radius 1 is 1.47 bits per heavy atom. The molecule has 0 saturated carbocycles. The van der Waals surface area contributed by atoms with E-state index >= 15 is 0 Å². The van der Waals surface area contributed by atoms with Gasteiger partial charge in [-0.3, -0.25) is 0 Å². The zero-order valence-corrected chi connectivity index (χ0v) is 10.1. The number of hydrogen-bond donors (Lipinski definition) is 1. The summed E-state index contributed by atoms with van der Waals surface area (Å²) >= 11 is 0. The molecule has 80 valence electrons. The third-order valence-corrected chi connectivity index (χ3v) is 3.19. The van der Waals surface area contributed by atoms with Crippen LogP contribution in [0.2, 0.25) is 0 Å². The second-order valence-corrected chi connectivity index (χ2v) is 4.84. The highest BCUT2D eigenvalue weighted by Gasteiger charge is 2.16. The molecule has 1 atom stereocenters. The van der Waals surface area contributed by atoms with Gasteiger partial charge in [0.1, 0.15) is 5.54 Å². The van der Waals surface area contributed by atoms with Gasteiger partial charge in [-0.05, 0) is 59.1 Å². The van der Waals surface area contributed by atoms with Gasteiger partial charge in [-0.2, -0.15) is 5.26 Å². The molecule has 0 saturated heterocycles. The molecule has 1 unspecified atom stereocenters. The van der Waals surface area contributed by atoms with E-state index in [2.05, 4.69) is 6.07 Å². The smallest absolute Gasteiger partial charge is 0.101 e. The molecule has 0 bridgehead atoms. The predicted molar refractivity (Wildman–Crippen MR) is 64.7 cm³/mol. The summed E-state index contributed by atoms with van der Waals surface area (Å²) in [6.07, 6.45) is 1.48. The molecule has 2 nitrogen and oxygen atoms in total. The molecule has 2 N–H and O–H groups in total. The Morgan fingerprint density at radius 2 is 2.07 bits per heavy atom. The SMILES string of the molecule is CC(N)(C#N)CCc1ccc(SCl)cc1. The maximum absolute atomic E-state index is 8.76. The van der Waals surface area contributed by atoms with Gasteiger partial charge in [0.25, 0.3) is 0 Å². The summed E-state index contributed by atoms with van der Waals surface area (Å²) in [5, 5.41) is 8.76. The van der Waals surface area contributed by atoms with Gasteiger partial charge in [0.15, 0.2) is 0 Å². The number of aryl methyl sites for hydroxylation is 1. The Kier molecular flexibility index (Phi) is 4.46. The van der Waals surface area contributed by atoms with E-state index in [0.29, 0.717) is 6.42 Å². The van der Waals surface area contributed by atoms with Gasteiger partial charge in [-0.15, -0.1) is 0 Å². The summed E-state index contributed by atoms with van der Waals surface area (Å²) in [5.74, 6) is 0. The first-order valence-corrected chi connectivity index (χ1v) is 6.29. The van der Waals surface area contributed by atoms with Crippen LogP contribution in [0.3, 0.4) is 0 Å². The van der Waals surface area contributed by atoms with E-state index in [-0.39, 0.29) is 0 Å². The van der Waals surface area contributed by atoms with Crippen LogP contribution < -0.4 is 5.73 Å². The summed E-state index contributed by atoms with van der Waals surface area (Å²) in [7, 11) is 6.81. The molecule has 0 aliphatic carbocycles. The van der Waals surface area contributed by atoms with Crippen LogP contribution in [-0.2, 0) is 6.42 Å². The molecular weight excluding hydrogens is 228 g/mol. The molecule has 1 aromatic rings. The lowest BCUT2D eigenvalue weighted by atomic mass is 9.96. The quantitative estimate of drug-likeness (QED) is 0.880. The highest BCUT2D eigenvalue weighted by atomic mass is 35.7. The Morgan fingerprint density at radius 3 is 2.53 bits per heavy atom. The van der Waals surface area contributed by atoms with Crippen molar-refractivity contribution in [3.8, 4) is 6.07 Å². The van der Waals surface area contributed by atoms with Crippen LogP contribution in [-0.4, -0.2) is 5.54 Å². The summed E-state index contributed by atoms with van der Waals surface area (Å²) < 4.78 is 0. The maximum Gasteiger partial charge on any atom is 0.101 e. The van der Waals surface area contributed by atoms with Gasteiger partial charge >= 0.3 is 0 Å². The highest BCUT2D eigenvalue weighted by molar-refractivity contribution is 8.21. The van der Waals surface area contributed by atoms with Crippen LogP contribution in [0.1, 0.15) is 18.9 Å². The Bertz CT molecular complexity index is 354. The fraction of sp³-hybridized carbons (Fsp3) is 0.364. The molecule has 4 heteroatoms. The predicted octanol–water partition coefficient (Wildman–Crippen LogP) is 3.11. The normalized spacial score (nSPS) is 14.3. The number of halogens is 1. The van der Waals surface area contributed by atoms with Crippen molar-refractivity contribution in [1.29, 1.82) is 5.26 Å². The molecule has 0 radical (unpaired) electrons. The second-order valence-electron chi connectivity index (χ2n) is 3.75. The molecule has 1 aromatic carbocycles. The highest BCUT2D eigenvalue weighted by Crippen LogP contribution is 2.22. The molecule has 15 heavy (non-hydrogen) atoms. The number of nitriles is 1. The van der Waals surface area contributed by atoms with Gasteiger partial charge in [-0.1, -0.05) is 12.1 Å². The first-order chi connectivity index (χ1) is 7.07.